The minimum absolute atomic E-state index is 0.0316. The zero-order valence-corrected chi connectivity index (χ0v) is 14.4. The molecule has 1 amide bonds. The Bertz CT molecular complexity index is 762. The Hall–Kier alpha value is -2.33. The molecule has 4 atom stereocenters. The molecule has 0 spiro atoms. The minimum atomic E-state index is 0.0316. The molecule has 0 radical (unpaired) electrons. The maximum absolute atomic E-state index is 12.7. The first-order valence-electron chi connectivity index (χ1n) is 8.98. The van der Waals surface area contributed by atoms with Crippen molar-refractivity contribution in [2.45, 2.75) is 30.8 Å². The first kappa shape index (κ1) is 16.2. The SMILES string of the molecule is CN1CC[C@H](NC(=O)[C@H]2C[C@@H]2c2cccc(O)c2)[C@H]1c1ccccc1. The van der Waals surface area contributed by atoms with E-state index in [4.69, 9.17) is 0 Å². The molecule has 0 unspecified atom stereocenters. The van der Waals surface area contributed by atoms with Crippen molar-refractivity contribution in [3.8, 4) is 5.75 Å². The second kappa shape index (κ2) is 6.52. The van der Waals surface area contributed by atoms with Crippen LogP contribution in [0.1, 0.15) is 35.9 Å². The number of hydrogen-bond acceptors (Lipinski definition) is 3. The molecule has 2 fully saturated rings. The number of nitrogens with one attached hydrogen (secondary N) is 1. The summed E-state index contributed by atoms with van der Waals surface area (Å²) in [7, 11) is 2.12. The summed E-state index contributed by atoms with van der Waals surface area (Å²) in [6, 6.07) is 18.1. The summed E-state index contributed by atoms with van der Waals surface area (Å²) in [6.45, 7) is 0.991. The van der Waals surface area contributed by atoms with E-state index in [1.54, 1.807) is 12.1 Å². The number of phenols is 1. The lowest BCUT2D eigenvalue weighted by atomic mass is 10.00. The van der Waals surface area contributed by atoms with Gasteiger partial charge in [-0.2, -0.15) is 0 Å². The maximum Gasteiger partial charge on any atom is 0.224 e. The van der Waals surface area contributed by atoms with Gasteiger partial charge in [0.05, 0.1) is 6.04 Å². The number of carbonyl (C=O) groups is 1. The summed E-state index contributed by atoms with van der Waals surface area (Å²) in [5, 5.41) is 12.9. The van der Waals surface area contributed by atoms with Gasteiger partial charge in [0.15, 0.2) is 0 Å². The fourth-order valence-electron chi connectivity index (χ4n) is 4.13. The van der Waals surface area contributed by atoms with Crippen molar-refractivity contribution in [2.24, 2.45) is 5.92 Å². The number of likely N-dealkylation sites (tertiary alicyclic amines) is 1. The number of nitrogens with zero attached hydrogens (tertiary/aromatic N) is 1. The maximum atomic E-state index is 12.7. The quantitative estimate of drug-likeness (QED) is 0.902. The highest BCUT2D eigenvalue weighted by atomic mass is 16.3. The number of hydrogen-bond donors (Lipinski definition) is 2. The molecule has 1 saturated heterocycles. The largest absolute Gasteiger partial charge is 0.508 e. The van der Waals surface area contributed by atoms with Crippen LogP contribution in [0.4, 0.5) is 0 Å². The van der Waals surface area contributed by atoms with Gasteiger partial charge in [-0.1, -0.05) is 42.5 Å². The highest BCUT2D eigenvalue weighted by Crippen LogP contribution is 2.48. The first-order valence-corrected chi connectivity index (χ1v) is 8.98. The van der Waals surface area contributed by atoms with Gasteiger partial charge in [-0.3, -0.25) is 9.69 Å². The summed E-state index contributed by atoms with van der Waals surface area (Å²) in [5.41, 5.74) is 2.32. The van der Waals surface area contributed by atoms with E-state index in [0.717, 1.165) is 24.9 Å². The van der Waals surface area contributed by atoms with E-state index in [0.29, 0.717) is 0 Å². The van der Waals surface area contributed by atoms with Gasteiger partial charge in [-0.15, -0.1) is 0 Å². The predicted octanol–water partition coefficient (Wildman–Crippen LogP) is 3.06. The molecule has 4 heteroatoms. The van der Waals surface area contributed by atoms with Crippen molar-refractivity contribution in [3.05, 3.63) is 65.7 Å². The number of likely N-dealkylation sites (N-methyl/N-ethyl adjacent to an activating group) is 1. The van der Waals surface area contributed by atoms with E-state index in [2.05, 4.69) is 41.5 Å². The van der Waals surface area contributed by atoms with Gasteiger partial charge < -0.3 is 10.4 Å². The molecule has 2 aliphatic rings. The van der Waals surface area contributed by atoms with E-state index < -0.39 is 0 Å². The van der Waals surface area contributed by atoms with Crippen LogP contribution in [0.5, 0.6) is 5.75 Å². The molecule has 4 rings (SSSR count). The Kier molecular flexibility index (Phi) is 4.22. The van der Waals surface area contributed by atoms with Crippen molar-refractivity contribution in [1.82, 2.24) is 10.2 Å². The highest BCUT2D eigenvalue weighted by Gasteiger charge is 2.45. The van der Waals surface area contributed by atoms with Crippen LogP contribution >= 0.6 is 0 Å². The molecule has 2 aromatic rings. The van der Waals surface area contributed by atoms with Crippen LogP contribution in [0.25, 0.3) is 0 Å². The molecular weight excluding hydrogens is 312 g/mol. The number of aromatic hydroxyl groups is 1. The topological polar surface area (TPSA) is 52.6 Å². The van der Waals surface area contributed by atoms with E-state index in [9.17, 15) is 9.90 Å². The van der Waals surface area contributed by atoms with Crippen LogP contribution < -0.4 is 5.32 Å². The van der Waals surface area contributed by atoms with E-state index in [1.807, 2.05) is 18.2 Å². The molecular formula is C21H24N2O2. The Labute approximate surface area is 148 Å². The van der Waals surface area contributed by atoms with Gasteiger partial charge in [0.2, 0.25) is 5.91 Å². The normalized spacial score (nSPS) is 28.7. The van der Waals surface area contributed by atoms with Crippen molar-refractivity contribution >= 4 is 5.91 Å². The van der Waals surface area contributed by atoms with Crippen LogP contribution in [0, 0.1) is 5.92 Å². The van der Waals surface area contributed by atoms with Crippen molar-refractivity contribution in [3.63, 3.8) is 0 Å². The number of rotatable bonds is 4. The summed E-state index contributed by atoms with van der Waals surface area (Å²) < 4.78 is 0. The Morgan fingerprint density at radius 2 is 1.88 bits per heavy atom. The zero-order valence-electron chi connectivity index (χ0n) is 14.4. The number of phenolic OH excluding ortho intramolecular Hbond substituents is 1. The van der Waals surface area contributed by atoms with Gasteiger partial charge in [0.1, 0.15) is 5.75 Å². The Morgan fingerprint density at radius 3 is 2.64 bits per heavy atom. The van der Waals surface area contributed by atoms with Gasteiger partial charge in [0.25, 0.3) is 0 Å². The fourth-order valence-corrected chi connectivity index (χ4v) is 4.13. The second-order valence-electron chi connectivity index (χ2n) is 7.28. The average molecular weight is 336 g/mol. The van der Waals surface area contributed by atoms with Crippen molar-refractivity contribution < 1.29 is 9.90 Å². The third-order valence-electron chi connectivity index (χ3n) is 5.54. The zero-order chi connectivity index (χ0) is 17.4. The molecule has 4 nitrogen and oxygen atoms in total. The van der Waals surface area contributed by atoms with E-state index in [-0.39, 0.29) is 35.6 Å². The molecule has 2 N–H and O–H groups in total. The lowest BCUT2D eigenvalue weighted by molar-refractivity contribution is -0.123. The lowest BCUT2D eigenvalue weighted by Gasteiger charge is -2.26. The van der Waals surface area contributed by atoms with E-state index >= 15 is 0 Å². The molecule has 1 heterocycles. The van der Waals surface area contributed by atoms with Gasteiger partial charge >= 0.3 is 0 Å². The predicted molar refractivity (Wildman–Crippen MR) is 97.3 cm³/mol. The summed E-state index contributed by atoms with van der Waals surface area (Å²) >= 11 is 0. The van der Waals surface area contributed by atoms with Gasteiger partial charge in [-0.25, -0.2) is 0 Å². The van der Waals surface area contributed by atoms with Crippen LogP contribution in [-0.2, 0) is 4.79 Å². The monoisotopic (exact) mass is 336 g/mol. The third-order valence-corrected chi connectivity index (χ3v) is 5.54. The standard InChI is InChI=1S/C21H24N2O2/c1-23-11-10-19(20(23)14-6-3-2-4-7-14)22-21(25)18-13-17(18)15-8-5-9-16(24)12-15/h2-9,12,17-20,24H,10-11,13H2,1H3,(H,22,25)/t17-,18+,19+,20-/m1/s1. The van der Waals surface area contributed by atoms with Crippen LogP contribution in [0.3, 0.4) is 0 Å². The average Bonchev–Trinajstić information content (AvgIpc) is 3.34. The fraction of sp³-hybridized carbons (Fsp3) is 0.381. The molecule has 0 bridgehead atoms. The van der Waals surface area contributed by atoms with Gasteiger partial charge in [0, 0.05) is 18.5 Å². The lowest BCUT2D eigenvalue weighted by Crippen LogP contribution is -2.39. The second-order valence-corrected chi connectivity index (χ2v) is 7.28. The van der Waals surface area contributed by atoms with Crippen LogP contribution in [0.2, 0.25) is 0 Å². The van der Waals surface area contributed by atoms with Crippen molar-refractivity contribution in [2.75, 3.05) is 13.6 Å². The number of carbonyl (C=O) groups excluding carboxylic acids is 1. The summed E-state index contributed by atoms with van der Waals surface area (Å²) in [5.74, 6) is 0.685. The van der Waals surface area contributed by atoms with Crippen molar-refractivity contribution in [1.29, 1.82) is 0 Å². The molecule has 0 aromatic heterocycles. The number of amides is 1. The third kappa shape index (κ3) is 3.27. The molecule has 130 valence electrons. The minimum Gasteiger partial charge on any atom is -0.508 e. The van der Waals surface area contributed by atoms with Gasteiger partial charge in [-0.05, 0) is 49.1 Å². The highest BCUT2D eigenvalue weighted by molar-refractivity contribution is 5.83. The smallest absolute Gasteiger partial charge is 0.224 e. The molecule has 1 aliphatic carbocycles. The first-order chi connectivity index (χ1) is 12.1. The summed E-state index contributed by atoms with van der Waals surface area (Å²) in [6.07, 6.45) is 1.85. The van der Waals surface area contributed by atoms with Crippen LogP contribution in [-0.4, -0.2) is 35.5 Å². The molecule has 1 saturated carbocycles. The molecule has 25 heavy (non-hydrogen) atoms. The Balaban J connectivity index is 1.43. The summed E-state index contributed by atoms with van der Waals surface area (Å²) in [4.78, 5) is 15.0. The van der Waals surface area contributed by atoms with E-state index in [1.165, 1.54) is 5.56 Å². The number of benzene rings is 2. The molecule has 1 aliphatic heterocycles. The Morgan fingerprint density at radius 1 is 1.12 bits per heavy atom. The molecule has 2 aromatic carbocycles. The van der Waals surface area contributed by atoms with Crippen LogP contribution in [0.15, 0.2) is 54.6 Å².